The van der Waals surface area contributed by atoms with Gasteiger partial charge in [-0.15, -0.1) is 0 Å². The predicted molar refractivity (Wildman–Crippen MR) is 147 cm³/mol. The Balaban J connectivity index is 1.21. The molecule has 4 aliphatic rings. The summed E-state index contributed by atoms with van der Waals surface area (Å²) >= 11 is 0. The monoisotopic (exact) mass is 464 g/mol. The molecule has 0 unspecified atom stereocenters. The van der Waals surface area contributed by atoms with Crippen LogP contribution in [0.4, 0.5) is 0 Å². The fourth-order valence-electron chi connectivity index (χ4n) is 7.38. The highest BCUT2D eigenvalue weighted by molar-refractivity contribution is 5.33. The maximum absolute atomic E-state index is 6.16. The van der Waals surface area contributed by atoms with Gasteiger partial charge in [0, 0.05) is 0 Å². The van der Waals surface area contributed by atoms with Gasteiger partial charge in [-0.1, -0.05) is 82.4 Å². The minimum Gasteiger partial charge on any atom is -0.374 e. The van der Waals surface area contributed by atoms with Gasteiger partial charge in [0.15, 0.2) is 0 Å². The molecular weight excluding hydrogens is 412 g/mol. The van der Waals surface area contributed by atoms with Crippen LogP contribution in [0.5, 0.6) is 0 Å². The molecule has 1 aromatic carbocycles. The summed E-state index contributed by atoms with van der Waals surface area (Å²) < 4.78 is 6.16. The molecule has 1 nitrogen and oxygen atoms in total. The second kappa shape index (κ2) is 12.8. The highest BCUT2D eigenvalue weighted by Gasteiger charge is 2.48. The molecule has 0 spiro atoms. The van der Waals surface area contributed by atoms with E-state index in [9.17, 15) is 0 Å². The summed E-state index contributed by atoms with van der Waals surface area (Å²) in [6.07, 6.45) is 29.7. The summed E-state index contributed by atoms with van der Waals surface area (Å²) in [5, 5.41) is 0. The van der Waals surface area contributed by atoms with E-state index in [0.717, 1.165) is 12.5 Å². The van der Waals surface area contributed by atoms with E-state index < -0.39 is 0 Å². The van der Waals surface area contributed by atoms with Gasteiger partial charge in [-0.05, 0) is 111 Å². The Morgan fingerprint density at radius 3 is 2.06 bits per heavy atom. The van der Waals surface area contributed by atoms with Crippen LogP contribution in [0, 0.1) is 5.41 Å². The van der Waals surface area contributed by atoms with Gasteiger partial charge in [-0.25, -0.2) is 0 Å². The first-order valence-electron chi connectivity index (χ1n) is 15.1. The van der Waals surface area contributed by atoms with Crippen molar-refractivity contribution in [2.24, 2.45) is 5.41 Å². The van der Waals surface area contributed by atoms with Crippen LogP contribution >= 0.6 is 0 Å². The fraction of sp³-hybridized carbons (Fsp3) is 0.758. The maximum atomic E-state index is 6.16. The van der Waals surface area contributed by atoms with Gasteiger partial charge in [0.25, 0.3) is 0 Å². The third-order valence-corrected chi connectivity index (χ3v) is 9.95. The van der Waals surface area contributed by atoms with E-state index in [-0.39, 0.29) is 0 Å². The Bertz CT molecular complexity index is 712. The number of hydrogen-bond acceptors (Lipinski definition) is 1. The molecule has 190 valence electrons. The average molecular weight is 465 g/mol. The highest BCUT2D eigenvalue weighted by atomic mass is 16.5. The molecule has 1 heteroatoms. The minimum absolute atomic E-state index is 0.469. The fourth-order valence-corrected chi connectivity index (χ4v) is 7.38. The topological polar surface area (TPSA) is 9.23 Å². The first-order valence-corrected chi connectivity index (χ1v) is 15.1. The molecule has 4 saturated carbocycles. The molecule has 4 aliphatic carbocycles. The molecule has 5 rings (SSSR count). The van der Waals surface area contributed by atoms with Crippen molar-refractivity contribution in [2.45, 2.75) is 147 Å². The molecule has 0 aliphatic heterocycles. The lowest BCUT2D eigenvalue weighted by atomic mass is 9.51. The van der Waals surface area contributed by atoms with E-state index in [0.29, 0.717) is 16.9 Å². The quantitative estimate of drug-likeness (QED) is 0.208. The van der Waals surface area contributed by atoms with Crippen LogP contribution < -0.4 is 0 Å². The molecule has 0 radical (unpaired) electrons. The van der Waals surface area contributed by atoms with Crippen molar-refractivity contribution in [3.63, 3.8) is 0 Å². The molecule has 2 bridgehead atoms. The zero-order valence-electron chi connectivity index (χ0n) is 22.5. The standard InChI is InChI=1S/C33H52O/c1-3-5-7-8-9-11-27-34-31-18-14-29(15-19-31)28-12-16-30(17-13-28)33-24-21-32(22-25-33,23-26-33)20-10-6-4-2/h9,11-13,16-17,29,31H,3-8,10,14-15,18-27H2,1-2H3/b11-9+. The van der Waals surface area contributed by atoms with Crippen LogP contribution in [0.1, 0.15) is 146 Å². The van der Waals surface area contributed by atoms with Crippen molar-refractivity contribution >= 4 is 0 Å². The van der Waals surface area contributed by atoms with Crippen LogP contribution in [-0.4, -0.2) is 12.7 Å². The minimum atomic E-state index is 0.469. The summed E-state index contributed by atoms with van der Waals surface area (Å²) in [5.41, 5.74) is 4.44. The molecule has 0 aromatic heterocycles. The summed E-state index contributed by atoms with van der Waals surface area (Å²) in [7, 11) is 0. The number of unbranched alkanes of at least 4 members (excludes halogenated alkanes) is 5. The Morgan fingerprint density at radius 2 is 1.41 bits per heavy atom. The molecule has 4 fully saturated rings. The van der Waals surface area contributed by atoms with E-state index >= 15 is 0 Å². The van der Waals surface area contributed by atoms with Crippen LogP contribution in [0.25, 0.3) is 0 Å². The Labute approximate surface area is 211 Å². The predicted octanol–water partition coefficient (Wildman–Crippen LogP) is 10.0. The van der Waals surface area contributed by atoms with Crippen molar-refractivity contribution in [1.29, 1.82) is 0 Å². The molecular formula is C33H52O. The lowest BCUT2D eigenvalue weighted by molar-refractivity contribution is 0.0305. The van der Waals surface area contributed by atoms with Crippen molar-refractivity contribution in [2.75, 3.05) is 6.61 Å². The van der Waals surface area contributed by atoms with Crippen molar-refractivity contribution in [3.05, 3.63) is 47.5 Å². The van der Waals surface area contributed by atoms with Gasteiger partial charge in [0.05, 0.1) is 12.7 Å². The molecule has 0 atom stereocenters. The van der Waals surface area contributed by atoms with Gasteiger partial charge < -0.3 is 4.74 Å². The second-order valence-corrected chi connectivity index (χ2v) is 12.1. The molecule has 0 amide bonds. The van der Waals surface area contributed by atoms with Crippen molar-refractivity contribution in [3.8, 4) is 0 Å². The van der Waals surface area contributed by atoms with Gasteiger partial charge in [-0.3, -0.25) is 0 Å². The third kappa shape index (κ3) is 6.57. The van der Waals surface area contributed by atoms with Crippen molar-refractivity contribution < 1.29 is 4.74 Å². The van der Waals surface area contributed by atoms with E-state index in [1.807, 2.05) is 0 Å². The average Bonchev–Trinajstić information content (AvgIpc) is 2.90. The van der Waals surface area contributed by atoms with Gasteiger partial charge in [0.2, 0.25) is 0 Å². The molecule has 0 heterocycles. The first-order chi connectivity index (χ1) is 16.7. The smallest absolute Gasteiger partial charge is 0.0651 e. The van der Waals surface area contributed by atoms with Crippen LogP contribution in [-0.2, 0) is 10.2 Å². The SMILES string of the molecule is CCCCC/C=C/COC1CCC(c2ccc(C34CCC(CCCCC)(CC3)CC4)cc2)CC1. The lowest BCUT2D eigenvalue weighted by Gasteiger charge is -2.54. The normalized spacial score (nSPS) is 31.4. The first kappa shape index (κ1) is 26.0. The van der Waals surface area contributed by atoms with E-state index in [1.54, 1.807) is 11.1 Å². The number of ether oxygens (including phenoxy) is 1. The van der Waals surface area contributed by atoms with Crippen LogP contribution in [0.15, 0.2) is 36.4 Å². The number of rotatable bonds is 13. The summed E-state index contributed by atoms with van der Waals surface area (Å²) in [6.45, 7) is 5.40. The van der Waals surface area contributed by atoms with Gasteiger partial charge in [-0.2, -0.15) is 0 Å². The Hall–Kier alpha value is -1.08. The van der Waals surface area contributed by atoms with Gasteiger partial charge >= 0.3 is 0 Å². The van der Waals surface area contributed by atoms with Crippen molar-refractivity contribution in [1.82, 2.24) is 0 Å². The summed E-state index contributed by atoms with van der Waals surface area (Å²) in [4.78, 5) is 0. The second-order valence-electron chi connectivity index (χ2n) is 12.1. The zero-order chi connectivity index (χ0) is 23.7. The number of fused-ring (bicyclic) bond motifs is 3. The summed E-state index contributed by atoms with van der Waals surface area (Å²) in [5.74, 6) is 0.736. The van der Waals surface area contributed by atoms with Crippen LogP contribution in [0.3, 0.4) is 0 Å². The van der Waals surface area contributed by atoms with E-state index in [1.165, 1.54) is 116 Å². The number of hydrogen-bond donors (Lipinski definition) is 0. The number of benzene rings is 1. The zero-order valence-corrected chi connectivity index (χ0v) is 22.5. The largest absolute Gasteiger partial charge is 0.374 e. The maximum Gasteiger partial charge on any atom is 0.0651 e. The Morgan fingerprint density at radius 1 is 0.765 bits per heavy atom. The lowest BCUT2D eigenvalue weighted by Crippen LogP contribution is -2.44. The molecule has 0 saturated heterocycles. The third-order valence-electron chi connectivity index (χ3n) is 9.95. The number of allylic oxidation sites excluding steroid dienone is 1. The summed E-state index contributed by atoms with van der Waals surface area (Å²) in [6, 6.07) is 10.0. The van der Waals surface area contributed by atoms with Gasteiger partial charge in [0.1, 0.15) is 0 Å². The van der Waals surface area contributed by atoms with Crippen LogP contribution in [0.2, 0.25) is 0 Å². The molecule has 1 aromatic rings. The Kier molecular flexibility index (Phi) is 9.75. The van der Waals surface area contributed by atoms with E-state index in [2.05, 4.69) is 50.3 Å². The molecule has 0 N–H and O–H groups in total. The van der Waals surface area contributed by atoms with E-state index in [4.69, 9.17) is 4.74 Å². The molecule has 34 heavy (non-hydrogen) atoms. The highest BCUT2D eigenvalue weighted by Crippen LogP contribution is 2.59.